The number of anilines is 4. The number of nitrogens with one attached hydrogen (secondary N) is 1. The fraction of sp³-hybridized carbons (Fsp3) is 0.357. The van der Waals surface area contributed by atoms with Crippen molar-refractivity contribution in [2.75, 3.05) is 56.9 Å². The van der Waals surface area contributed by atoms with Gasteiger partial charge in [-0.3, -0.25) is 0 Å². The van der Waals surface area contributed by atoms with Gasteiger partial charge in [0.1, 0.15) is 18.1 Å². The predicted octanol–water partition coefficient (Wildman–Crippen LogP) is 5.01. The number of ether oxygens (including phenoxy) is 2. The Labute approximate surface area is 227 Å². The van der Waals surface area contributed by atoms with Gasteiger partial charge in [0, 0.05) is 36.3 Å². The van der Waals surface area contributed by atoms with Crippen molar-refractivity contribution in [3.05, 3.63) is 47.7 Å². The lowest BCUT2D eigenvalue weighted by Crippen LogP contribution is -2.42. The van der Waals surface area contributed by atoms with Gasteiger partial charge in [-0.05, 0) is 45.1 Å². The van der Waals surface area contributed by atoms with Crippen molar-refractivity contribution < 1.29 is 9.47 Å². The van der Waals surface area contributed by atoms with Crippen LogP contribution in [0.3, 0.4) is 0 Å². The van der Waals surface area contributed by atoms with Crippen LogP contribution in [0, 0.1) is 0 Å². The highest BCUT2D eigenvalue weighted by atomic mass is 35.5. The van der Waals surface area contributed by atoms with E-state index in [1.165, 1.54) is 0 Å². The van der Waals surface area contributed by atoms with E-state index in [4.69, 9.17) is 31.8 Å². The normalized spacial score (nSPS) is 15.9. The van der Waals surface area contributed by atoms with Crippen molar-refractivity contribution in [1.82, 2.24) is 19.4 Å². The molecular formula is C28H32ClN7O2. The van der Waals surface area contributed by atoms with Gasteiger partial charge in [-0.1, -0.05) is 23.7 Å². The fourth-order valence-corrected chi connectivity index (χ4v) is 5.73. The Morgan fingerprint density at radius 2 is 2.03 bits per heavy atom. The smallest absolute Gasteiger partial charge is 0.227 e. The van der Waals surface area contributed by atoms with E-state index in [0.717, 1.165) is 60.4 Å². The van der Waals surface area contributed by atoms with Crippen LogP contribution in [0.1, 0.15) is 12.8 Å². The van der Waals surface area contributed by atoms with Crippen LogP contribution in [0.2, 0.25) is 5.02 Å². The highest BCUT2D eigenvalue weighted by molar-refractivity contribution is 6.33. The molecule has 0 radical (unpaired) electrons. The summed E-state index contributed by atoms with van der Waals surface area (Å²) in [6.07, 6.45) is 5.90. The first-order valence-corrected chi connectivity index (χ1v) is 13.2. The molecule has 0 atom stereocenters. The molecule has 0 spiro atoms. The lowest BCUT2D eigenvalue weighted by molar-refractivity contribution is 0.253. The first kappa shape index (κ1) is 24.6. The maximum absolute atomic E-state index is 6.62. The summed E-state index contributed by atoms with van der Waals surface area (Å²) in [7, 11) is 5.92. The standard InChI is InChI=1S/C28H32ClN7O2/c1-34-9-7-17(8-10-34)35(2)23-14-25(37-3)22(13-21(23)30)32-28-31-15-20(29)26(33-28)19-16-36-11-12-38-24-6-4-5-18(19)27(24)36/h4-6,13-17H,7-12,30H2,1-3H3,(H,31,32,33). The van der Waals surface area contributed by atoms with Gasteiger partial charge in [-0.25, -0.2) is 9.97 Å². The highest BCUT2D eigenvalue weighted by Crippen LogP contribution is 2.41. The summed E-state index contributed by atoms with van der Waals surface area (Å²) in [5.74, 6) is 1.94. The summed E-state index contributed by atoms with van der Waals surface area (Å²) < 4.78 is 13.8. The number of methoxy groups -OCH3 is 1. The molecule has 2 aliphatic heterocycles. The minimum absolute atomic E-state index is 0.404. The minimum Gasteiger partial charge on any atom is -0.494 e. The zero-order valence-corrected chi connectivity index (χ0v) is 22.6. The van der Waals surface area contributed by atoms with Crippen molar-refractivity contribution >= 4 is 45.5 Å². The maximum atomic E-state index is 6.62. The van der Waals surface area contributed by atoms with Crippen molar-refractivity contribution in [2.24, 2.45) is 0 Å². The average molecular weight is 534 g/mol. The third kappa shape index (κ3) is 4.35. The number of benzene rings is 2. The molecule has 4 aromatic rings. The largest absolute Gasteiger partial charge is 0.494 e. The molecule has 9 nitrogen and oxygen atoms in total. The number of rotatable bonds is 6. The van der Waals surface area contributed by atoms with Crippen LogP contribution < -0.4 is 25.4 Å². The molecule has 4 heterocycles. The fourth-order valence-electron chi connectivity index (χ4n) is 5.53. The molecule has 0 bridgehead atoms. The van der Waals surface area contributed by atoms with Gasteiger partial charge in [0.15, 0.2) is 0 Å². The molecular weight excluding hydrogens is 502 g/mol. The van der Waals surface area contributed by atoms with Crippen LogP contribution in [-0.4, -0.2) is 66.4 Å². The topological polar surface area (TPSA) is 93.7 Å². The van der Waals surface area contributed by atoms with E-state index in [1.807, 2.05) is 24.3 Å². The number of aromatic nitrogens is 3. The number of para-hydroxylation sites is 1. The van der Waals surface area contributed by atoms with Crippen LogP contribution in [0.4, 0.5) is 23.0 Å². The van der Waals surface area contributed by atoms with Crippen LogP contribution in [-0.2, 0) is 6.54 Å². The Kier molecular flexibility index (Phi) is 6.41. The Balaban J connectivity index is 1.32. The number of piperidine rings is 1. The molecule has 2 aromatic carbocycles. The minimum atomic E-state index is 0.404. The Bertz CT molecular complexity index is 1500. The number of nitrogens with zero attached hydrogens (tertiary/aromatic N) is 5. The van der Waals surface area contributed by atoms with E-state index < -0.39 is 0 Å². The van der Waals surface area contributed by atoms with Gasteiger partial charge in [0.2, 0.25) is 5.95 Å². The molecule has 0 saturated carbocycles. The summed E-state index contributed by atoms with van der Waals surface area (Å²) in [6, 6.07) is 10.3. The number of nitrogen functional groups attached to an aromatic ring is 1. The zero-order valence-electron chi connectivity index (χ0n) is 21.9. The van der Waals surface area contributed by atoms with Crippen LogP contribution >= 0.6 is 11.6 Å². The Morgan fingerprint density at radius 3 is 2.82 bits per heavy atom. The number of nitrogens with two attached hydrogens (primary N) is 1. The quantitative estimate of drug-likeness (QED) is 0.334. The zero-order chi connectivity index (χ0) is 26.4. The highest BCUT2D eigenvalue weighted by Gasteiger charge is 2.24. The van der Waals surface area contributed by atoms with E-state index in [9.17, 15) is 0 Å². The van der Waals surface area contributed by atoms with E-state index >= 15 is 0 Å². The third-order valence-corrected chi connectivity index (χ3v) is 7.94. The van der Waals surface area contributed by atoms with Crippen LogP contribution in [0.5, 0.6) is 11.5 Å². The van der Waals surface area contributed by atoms with Crippen molar-refractivity contribution in [1.29, 1.82) is 0 Å². The lowest BCUT2D eigenvalue weighted by atomic mass is 10.0. The number of likely N-dealkylation sites (tertiary alicyclic amines) is 1. The maximum Gasteiger partial charge on any atom is 0.227 e. The second-order valence-corrected chi connectivity index (χ2v) is 10.4. The molecule has 6 rings (SSSR count). The molecule has 2 aliphatic rings. The van der Waals surface area contributed by atoms with Gasteiger partial charge in [-0.2, -0.15) is 0 Å². The van der Waals surface area contributed by atoms with E-state index in [0.29, 0.717) is 46.4 Å². The molecule has 1 saturated heterocycles. The SMILES string of the molecule is COc1cc(N(C)C2CCN(C)CC2)c(N)cc1Nc1ncc(Cl)c(-c2cn3c4c(cccc24)OCC3)n1. The van der Waals surface area contributed by atoms with E-state index in [1.54, 1.807) is 13.3 Å². The molecule has 10 heteroatoms. The van der Waals surface area contributed by atoms with Gasteiger partial charge in [0.25, 0.3) is 0 Å². The van der Waals surface area contributed by atoms with Gasteiger partial charge >= 0.3 is 0 Å². The molecule has 1 fully saturated rings. The molecule has 0 unspecified atom stereocenters. The van der Waals surface area contributed by atoms with Gasteiger partial charge in [-0.15, -0.1) is 0 Å². The van der Waals surface area contributed by atoms with Crippen molar-refractivity contribution in [3.8, 4) is 22.8 Å². The number of hydrogen-bond acceptors (Lipinski definition) is 8. The predicted molar refractivity (Wildman–Crippen MR) is 153 cm³/mol. The molecule has 0 amide bonds. The summed E-state index contributed by atoms with van der Waals surface area (Å²) in [6.45, 7) is 3.56. The molecule has 38 heavy (non-hydrogen) atoms. The summed E-state index contributed by atoms with van der Waals surface area (Å²) in [5.41, 5.74) is 11.5. The van der Waals surface area contributed by atoms with Crippen molar-refractivity contribution in [2.45, 2.75) is 25.4 Å². The van der Waals surface area contributed by atoms with Crippen LogP contribution in [0.25, 0.3) is 22.2 Å². The van der Waals surface area contributed by atoms with E-state index in [-0.39, 0.29) is 0 Å². The molecule has 3 N–H and O–H groups in total. The first-order chi connectivity index (χ1) is 18.4. The third-order valence-electron chi connectivity index (χ3n) is 7.66. The lowest BCUT2D eigenvalue weighted by Gasteiger charge is -2.37. The Hall–Kier alpha value is -3.69. The van der Waals surface area contributed by atoms with Crippen LogP contribution in [0.15, 0.2) is 42.7 Å². The number of hydrogen-bond donors (Lipinski definition) is 2. The number of halogens is 1. The van der Waals surface area contributed by atoms with Crippen molar-refractivity contribution in [3.63, 3.8) is 0 Å². The second kappa shape index (κ2) is 9.89. The molecule has 198 valence electrons. The summed E-state index contributed by atoms with van der Waals surface area (Å²) >= 11 is 6.62. The monoisotopic (exact) mass is 533 g/mol. The molecule has 2 aromatic heterocycles. The molecule has 0 aliphatic carbocycles. The summed E-state index contributed by atoms with van der Waals surface area (Å²) in [4.78, 5) is 13.9. The van der Waals surface area contributed by atoms with Gasteiger partial charge < -0.3 is 34.9 Å². The Morgan fingerprint density at radius 1 is 1.21 bits per heavy atom. The van der Waals surface area contributed by atoms with Gasteiger partial charge in [0.05, 0.1) is 53.1 Å². The second-order valence-electron chi connectivity index (χ2n) is 10.0. The van der Waals surface area contributed by atoms with E-state index in [2.05, 4.69) is 51.0 Å². The summed E-state index contributed by atoms with van der Waals surface area (Å²) in [5, 5.41) is 4.82. The first-order valence-electron chi connectivity index (χ1n) is 12.9. The average Bonchev–Trinajstić information content (AvgIpc) is 3.30.